The first-order chi connectivity index (χ1) is 13.8. The van der Waals surface area contributed by atoms with E-state index in [0.29, 0.717) is 11.5 Å². The highest BCUT2D eigenvalue weighted by Gasteiger charge is 2.68. The first-order valence-electron chi connectivity index (χ1n) is 10.1. The molecule has 29 heavy (non-hydrogen) atoms. The van der Waals surface area contributed by atoms with Crippen molar-refractivity contribution in [3.05, 3.63) is 46.9 Å². The summed E-state index contributed by atoms with van der Waals surface area (Å²) < 4.78 is 30.2. The van der Waals surface area contributed by atoms with Crippen LogP contribution in [0.5, 0.6) is 0 Å². The van der Waals surface area contributed by atoms with Crippen molar-refractivity contribution in [3.8, 4) is 0 Å². The first-order valence-corrected chi connectivity index (χ1v) is 11.3. The molecule has 0 amide bonds. The fraction of sp³-hybridized carbons (Fsp3) is 0.609. The third kappa shape index (κ3) is 3.94. The molecule has 2 aliphatic carbocycles. The number of ether oxygens (including phenoxy) is 3. The van der Waals surface area contributed by atoms with Gasteiger partial charge >= 0.3 is 5.97 Å². The molecule has 1 unspecified atom stereocenters. The van der Waals surface area contributed by atoms with Crippen molar-refractivity contribution in [2.75, 3.05) is 20.8 Å². The second kappa shape index (κ2) is 8.70. The summed E-state index contributed by atoms with van der Waals surface area (Å²) in [5.41, 5.74) is 1.02. The van der Waals surface area contributed by atoms with Crippen LogP contribution in [0.15, 0.2) is 41.3 Å². The lowest BCUT2D eigenvalue weighted by Gasteiger charge is -2.39. The molecule has 1 aromatic rings. The van der Waals surface area contributed by atoms with Crippen LogP contribution < -0.4 is 0 Å². The smallest absolute Gasteiger partial charge is 0.331 e. The van der Waals surface area contributed by atoms with E-state index in [1.54, 1.807) is 7.11 Å². The Hall–Kier alpha value is -1.50. The SMILES string of the molecule is COC(=O)/C=C(\COCc1ccccc1)S(=O)[C@@H]1[C@H]2CC[C@](C)([C@@H]1OC)C2(C)C. The Kier molecular flexibility index (Phi) is 6.66. The number of esters is 1. The predicted octanol–water partition coefficient (Wildman–Crippen LogP) is 3.85. The highest BCUT2D eigenvalue weighted by atomic mass is 32.2. The minimum atomic E-state index is -1.40. The zero-order valence-corrected chi connectivity index (χ0v) is 18.8. The van der Waals surface area contributed by atoms with E-state index in [0.717, 1.165) is 18.4 Å². The van der Waals surface area contributed by atoms with Gasteiger partial charge in [0.1, 0.15) is 0 Å². The van der Waals surface area contributed by atoms with Crippen molar-refractivity contribution in [3.63, 3.8) is 0 Å². The second-order valence-corrected chi connectivity index (χ2v) is 10.5. The zero-order valence-electron chi connectivity index (χ0n) is 18.0. The van der Waals surface area contributed by atoms with Gasteiger partial charge in [-0.3, -0.25) is 4.21 Å². The molecule has 6 heteroatoms. The zero-order chi connectivity index (χ0) is 21.2. The Balaban J connectivity index is 1.81. The Morgan fingerprint density at radius 1 is 1.21 bits per heavy atom. The Labute approximate surface area is 176 Å². The highest BCUT2D eigenvalue weighted by molar-refractivity contribution is 7.89. The third-order valence-corrected chi connectivity index (χ3v) is 9.11. The lowest BCUT2D eigenvalue weighted by molar-refractivity contribution is -0.134. The molecule has 0 saturated heterocycles. The topological polar surface area (TPSA) is 61.8 Å². The average molecular weight is 421 g/mol. The van der Waals surface area contributed by atoms with E-state index in [1.165, 1.54) is 13.2 Å². The summed E-state index contributed by atoms with van der Waals surface area (Å²) in [6.45, 7) is 7.26. The van der Waals surface area contributed by atoms with Crippen molar-refractivity contribution in [2.45, 2.75) is 51.6 Å². The summed E-state index contributed by atoms with van der Waals surface area (Å²) in [5, 5.41) is -0.162. The number of hydrogen-bond acceptors (Lipinski definition) is 5. The van der Waals surface area contributed by atoms with Crippen molar-refractivity contribution in [1.29, 1.82) is 0 Å². The average Bonchev–Trinajstić information content (AvgIpc) is 3.04. The van der Waals surface area contributed by atoms with Crippen LogP contribution >= 0.6 is 0 Å². The van der Waals surface area contributed by atoms with Gasteiger partial charge in [-0.15, -0.1) is 0 Å². The maximum atomic E-state index is 13.7. The number of carbonyl (C=O) groups excluding carboxylic acids is 1. The monoisotopic (exact) mass is 420 g/mol. The minimum absolute atomic E-state index is 0.0231. The quantitative estimate of drug-likeness (QED) is 0.472. The Morgan fingerprint density at radius 2 is 1.90 bits per heavy atom. The number of fused-ring (bicyclic) bond motifs is 2. The molecule has 3 rings (SSSR count). The summed E-state index contributed by atoms with van der Waals surface area (Å²) >= 11 is 0. The molecule has 5 atom stereocenters. The van der Waals surface area contributed by atoms with Crippen LogP contribution in [-0.2, 0) is 36.4 Å². The lowest BCUT2D eigenvalue weighted by Crippen LogP contribution is -2.43. The summed E-state index contributed by atoms with van der Waals surface area (Å²) in [6.07, 6.45) is 3.30. The summed E-state index contributed by atoms with van der Waals surface area (Å²) in [5.74, 6) is -0.243. The molecule has 0 spiro atoms. The molecule has 2 aliphatic rings. The minimum Gasteiger partial charge on any atom is -0.466 e. The van der Waals surface area contributed by atoms with Crippen LogP contribution in [-0.4, -0.2) is 42.4 Å². The summed E-state index contributed by atoms with van der Waals surface area (Å²) in [4.78, 5) is 12.4. The van der Waals surface area contributed by atoms with Crippen molar-refractivity contribution < 1.29 is 23.2 Å². The molecule has 0 radical (unpaired) electrons. The molecule has 0 N–H and O–H groups in total. The molecule has 2 saturated carbocycles. The molecule has 0 aliphatic heterocycles. The lowest BCUT2D eigenvalue weighted by atomic mass is 9.70. The van der Waals surface area contributed by atoms with Gasteiger partial charge in [0.2, 0.25) is 0 Å². The van der Waals surface area contributed by atoms with Gasteiger partial charge in [0, 0.05) is 23.5 Å². The Morgan fingerprint density at radius 3 is 2.52 bits per heavy atom. The first kappa shape index (κ1) is 22.2. The Bertz CT molecular complexity index is 788. The van der Waals surface area contributed by atoms with Crippen LogP contribution in [0.25, 0.3) is 0 Å². The normalized spacial score (nSPS) is 31.6. The van der Waals surface area contributed by atoms with Crippen LogP contribution in [0.1, 0.15) is 39.2 Å². The van der Waals surface area contributed by atoms with Gasteiger partial charge in [-0.05, 0) is 29.7 Å². The van der Waals surface area contributed by atoms with E-state index >= 15 is 0 Å². The second-order valence-electron chi connectivity index (χ2n) is 8.81. The van der Waals surface area contributed by atoms with Gasteiger partial charge in [0.05, 0.1) is 42.5 Å². The van der Waals surface area contributed by atoms with Gasteiger partial charge in [0.15, 0.2) is 0 Å². The number of methoxy groups -OCH3 is 2. The van der Waals surface area contributed by atoms with Crippen molar-refractivity contribution in [1.82, 2.24) is 0 Å². The number of benzene rings is 1. The van der Waals surface area contributed by atoms with Crippen LogP contribution in [0.3, 0.4) is 0 Å². The van der Waals surface area contributed by atoms with Gasteiger partial charge in [-0.1, -0.05) is 51.1 Å². The van der Waals surface area contributed by atoms with E-state index < -0.39 is 16.8 Å². The van der Waals surface area contributed by atoms with E-state index in [9.17, 15) is 9.00 Å². The van der Waals surface area contributed by atoms with E-state index in [1.807, 2.05) is 30.3 Å². The van der Waals surface area contributed by atoms with Gasteiger partial charge < -0.3 is 14.2 Å². The molecule has 2 bridgehead atoms. The molecule has 0 heterocycles. The predicted molar refractivity (Wildman–Crippen MR) is 114 cm³/mol. The van der Waals surface area contributed by atoms with Crippen molar-refractivity contribution in [2.24, 2.45) is 16.7 Å². The van der Waals surface area contributed by atoms with Gasteiger partial charge in [-0.2, -0.15) is 0 Å². The van der Waals surface area contributed by atoms with E-state index in [-0.39, 0.29) is 34.7 Å². The van der Waals surface area contributed by atoms with Crippen molar-refractivity contribution >= 4 is 16.8 Å². The van der Waals surface area contributed by atoms with Crippen LogP contribution in [0.4, 0.5) is 0 Å². The molecular formula is C23H32O5S. The van der Waals surface area contributed by atoms with Gasteiger partial charge in [-0.25, -0.2) is 4.79 Å². The number of hydrogen-bond donors (Lipinski definition) is 0. The van der Waals surface area contributed by atoms with E-state index in [4.69, 9.17) is 14.2 Å². The maximum absolute atomic E-state index is 13.7. The standard InChI is InChI=1S/C23H32O5S/c1-22(2)18-11-12-23(22,3)21(27-5)20(18)29(25)17(13-19(24)26-4)15-28-14-16-9-7-6-8-10-16/h6-10,13,18,20-21H,11-12,14-15H2,1-5H3/b17-13+/t18-,20-,21-,23-,29?/m1/s1. The van der Waals surface area contributed by atoms with Crippen LogP contribution in [0.2, 0.25) is 0 Å². The maximum Gasteiger partial charge on any atom is 0.331 e. The van der Waals surface area contributed by atoms with E-state index in [2.05, 4.69) is 20.8 Å². The fourth-order valence-corrected chi connectivity index (χ4v) is 7.41. The molecule has 160 valence electrons. The molecule has 0 aromatic heterocycles. The fourth-order valence-electron chi connectivity index (χ4n) is 5.24. The largest absolute Gasteiger partial charge is 0.466 e. The number of rotatable bonds is 8. The van der Waals surface area contributed by atoms with Crippen LogP contribution in [0, 0.1) is 16.7 Å². The third-order valence-electron chi connectivity index (χ3n) is 7.29. The molecule has 5 nitrogen and oxygen atoms in total. The molecular weight excluding hydrogens is 388 g/mol. The highest BCUT2D eigenvalue weighted by Crippen LogP contribution is 2.67. The molecule has 1 aromatic carbocycles. The number of carbonyl (C=O) groups is 1. The van der Waals surface area contributed by atoms with Gasteiger partial charge in [0.25, 0.3) is 0 Å². The summed E-state index contributed by atoms with van der Waals surface area (Å²) in [7, 11) is 1.62. The molecule has 2 fully saturated rings. The summed E-state index contributed by atoms with van der Waals surface area (Å²) in [6, 6.07) is 9.79.